The van der Waals surface area contributed by atoms with Crippen LogP contribution in [0.3, 0.4) is 0 Å². The van der Waals surface area contributed by atoms with Gasteiger partial charge in [-0.25, -0.2) is 0 Å². The van der Waals surface area contributed by atoms with E-state index in [9.17, 15) is 0 Å². The second kappa shape index (κ2) is 5.43. The summed E-state index contributed by atoms with van der Waals surface area (Å²) in [5, 5.41) is 4.55. The molecule has 2 rings (SSSR count). The predicted octanol–water partition coefficient (Wildman–Crippen LogP) is 2.91. The summed E-state index contributed by atoms with van der Waals surface area (Å²) in [5.41, 5.74) is 8.94. The van der Waals surface area contributed by atoms with Gasteiger partial charge in [0.15, 0.2) is 0 Å². The molecule has 1 aromatic rings. The molecule has 0 aromatic carbocycles. The summed E-state index contributed by atoms with van der Waals surface area (Å²) in [4.78, 5) is 0. The lowest BCUT2D eigenvalue weighted by Gasteiger charge is -2.28. The van der Waals surface area contributed by atoms with Crippen LogP contribution in [0.2, 0.25) is 0 Å². The zero-order chi connectivity index (χ0) is 13.2. The minimum absolute atomic E-state index is 0.333. The van der Waals surface area contributed by atoms with Gasteiger partial charge in [0.1, 0.15) is 0 Å². The van der Waals surface area contributed by atoms with Crippen LogP contribution in [0.15, 0.2) is 6.07 Å². The van der Waals surface area contributed by atoms with Crippen LogP contribution in [-0.2, 0) is 13.0 Å². The number of nitrogens with two attached hydrogens (primary N) is 1. The van der Waals surface area contributed by atoms with Gasteiger partial charge in [-0.1, -0.05) is 13.3 Å². The molecule has 2 atom stereocenters. The number of hydrogen-bond donors (Lipinski definition) is 1. The summed E-state index contributed by atoms with van der Waals surface area (Å²) in [6.07, 6.45) is 6.35. The molecule has 1 aliphatic carbocycles. The molecule has 1 aromatic heterocycles. The summed E-state index contributed by atoms with van der Waals surface area (Å²) in [6, 6.07) is 2.24. The quantitative estimate of drug-likeness (QED) is 0.872. The monoisotopic (exact) mass is 249 g/mol. The fourth-order valence-electron chi connectivity index (χ4n) is 3.49. The van der Waals surface area contributed by atoms with E-state index in [0.29, 0.717) is 5.41 Å². The molecule has 3 nitrogen and oxygen atoms in total. The maximum absolute atomic E-state index is 6.10. The molecular weight excluding hydrogens is 222 g/mol. The van der Waals surface area contributed by atoms with Gasteiger partial charge in [0.05, 0.1) is 5.69 Å². The fourth-order valence-corrected chi connectivity index (χ4v) is 3.49. The first-order valence-corrected chi connectivity index (χ1v) is 7.36. The van der Waals surface area contributed by atoms with Crippen LogP contribution in [-0.4, -0.2) is 16.3 Å². The Balaban J connectivity index is 2.15. The second-order valence-corrected chi connectivity index (χ2v) is 5.99. The molecule has 102 valence electrons. The van der Waals surface area contributed by atoms with Gasteiger partial charge >= 0.3 is 0 Å². The number of hydrogen-bond acceptors (Lipinski definition) is 2. The van der Waals surface area contributed by atoms with Crippen LogP contribution in [0.1, 0.15) is 50.9 Å². The molecule has 0 saturated heterocycles. The Hall–Kier alpha value is -0.830. The normalized spacial score (nSPS) is 27.9. The third-order valence-corrected chi connectivity index (χ3v) is 4.66. The highest BCUT2D eigenvalue weighted by atomic mass is 15.3. The van der Waals surface area contributed by atoms with Crippen molar-refractivity contribution in [3.05, 3.63) is 17.5 Å². The first-order valence-electron chi connectivity index (χ1n) is 7.36. The molecule has 0 aliphatic heterocycles. The van der Waals surface area contributed by atoms with E-state index in [0.717, 1.165) is 31.1 Å². The molecule has 1 saturated carbocycles. The summed E-state index contributed by atoms with van der Waals surface area (Å²) in [7, 11) is 0. The largest absolute Gasteiger partial charge is 0.330 e. The number of aromatic nitrogens is 2. The smallest absolute Gasteiger partial charge is 0.0596 e. The van der Waals surface area contributed by atoms with Gasteiger partial charge in [-0.2, -0.15) is 5.10 Å². The van der Waals surface area contributed by atoms with Crippen molar-refractivity contribution >= 4 is 0 Å². The maximum Gasteiger partial charge on any atom is 0.0596 e. The Bertz CT molecular complexity index is 396. The third kappa shape index (κ3) is 2.61. The van der Waals surface area contributed by atoms with Gasteiger partial charge in [0, 0.05) is 12.2 Å². The van der Waals surface area contributed by atoms with Crippen molar-refractivity contribution in [1.29, 1.82) is 0 Å². The SMILES string of the molecule is CCC1CCC(CN)(Cc2cc(C)nn2CC)C1. The van der Waals surface area contributed by atoms with Crippen molar-refractivity contribution in [3.8, 4) is 0 Å². The Morgan fingerprint density at radius 2 is 2.28 bits per heavy atom. The molecule has 1 fully saturated rings. The minimum Gasteiger partial charge on any atom is -0.330 e. The third-order valence-electron chi connectivity index (χ3n) is 4.66. The van der Waals surface area contributed by atoms with Gasteiger partial charge < -0.3 is 5.73 Å². The van der Waals surface area contributed by atoms with Crippen LogP contribution < -0.4 is 5.73 Å². The highest BCUT2D eigenvalue weighted by Gasteiger charge is 2.38. The van der Waals surface area contributed by atoms with Gasteiger partial charge in [-0.15, -0.1) is 0 Å². The van der Waals surface area contributed by atoms with Crippen molar-refractivity contribution in [1.82, 2.24) is 9.78 Å². The van der Waals surface area contributed by atoms with E-state index in [1.54, 1.807) is 0 Å². The summed E-state index contributed by atoms with van der Waals surface area (Å²) < 4.78 is 2.14. The summed E-state index contributed by atoms with van der Waals surface area (Å²) in [6.45, 7) is 8.32. The Kier molecular flexibility index (Phi) is 4.10. The van der Waals surface area contributed by atoms with Crippen LogP contribution in [0.4, 0.5) is 0 Å². The molecule has 1 heterocycles. The molecule has 2 N–H and O–H groups in total. The number of nitrogens with zero attached hydrogens (tertiary/aromatic N) is 2. The van der Waals surface area contributed by atoms with E-state index < -0.39 is 0 Å². The standard InChI is InChI=1S/C15H27N3/c1-4-13-6-7-15(9-13,11-16)10-14-8-12(3)17-18(14)5-2/h8,13H,4-7,9-11,16H2,1-3H3. The molecule has 0 bridgehead atoms. The van der Waals surface area contributed by atoms with Crippen LogP contribution in [0, 0.1) is 18.3 Å². The molecule has 0 radical (unpaired) electrons. The first-order chi connectivity index (χ1) is 8.62. The molecule has 3 heteroatoms. The van der Waals surface area contributed by atoms with E-state index in [4.69, 9.17) is 5.73 Å². The van der Waals surface area contributed by atoms with Crippen molar-refractivity contribution in [3.63, 3.8) is 0 Å². The molecule has 1 aliphatic rings. The Labute approximate surface area is 111 Å². The molecular formula is C15H27N3. The number of rotatable bonds is 5. The molecule has 0 amide bonds. The van der Waals surface area contributed by atoms with Gasteiger partial charge in [-0.05, 0) is 63.5 Å². The lowest BCUT2D eigenvalue weighted by atomic mass is 9.80. The van der Waals surface area contributed by atoms with Gasteiger partial charge in [-0.3, -0.25) is 4.68 Å². The number of aryl methyl sites for hydroxylation is 2. The van der Waals surface area contributed by atoms with Crippen molar-refractivity contribution in [2.75, 3.05) is 6.54 Å². The van der Waals surface area contributed by atoms with Crippen LogP contribution in [0.5, 0.6) is 0 Å². The van der Waals surface area contributed by atoms with Crippen LogP contribution >= 0.6 is 0 Å². The molecule has 0 spiro atoms. The molecule has 2 unspecified atom stereocenters. The summed E-state index contributed by atoms with van der Waals surface area (Å²) in [5.74, 6) is 0.882. The Morgan fingerprint density at radius 3 is 2.83 bits per heavy atom. The van der Waals surface area contributed by atoms with E-state index in [2.05, 4.69) is 36.6 Å². The maximum atomic E-state index is 6.10. The fraction of sp³-hybridized carbons (Fsp3) is 0.800. The minimum atomic E-state index is 0.333. The van der Waals surface area contributed by atoms with E-state index in [1.807, 2.05) is 0 Å². The van der Waals surface area contributed by atoms with Gasteiger partial charge in [0.25, 0.3) is 0 Å². The van der Waals surface area contributed by atoms with Crippen LogP contribution in [0.25, 0.3) is 0 Å². The van der Waals surface area contributed by atoms with E-state index in [-0.39, 0.29) is 0 Å². The predicted molar refractivity (Wildman–Crippen MR) is 75.5 cm³/mol. The lowest BCUT2D eigenvalue weighted by molar-refractivity contribution is 0.283. The van der Waals surface area contributed by atoms with Crippen molar-refractivity contribution in [2.24, 2.45) is 17.1 Å². The van der Waals surface area contributed by atoms with Gasteiger partial charge in [0.2, 0.25) is 0 Å². The highest BCUT2D eigenvalue weighted by Crippen LogP contribution is 2.44. The average Bonchev–Trinajstić information content (AvgIpc) is 2.94. The van der Waals surface area contributed by atoms with E-state index in [1.165, 1.54) is 31.4 Å². The zero-order valence-corrected chi connectivity index (χ0v) is 12.1. The Morgan fingerprint density at radius 1 is 1.50 bits per heavy atom. The topological polar surface area (TPSA) is 43.8 Å². The van der Waals surface area contributed by atoms with Crippen molar-refractivity contribution in [2.45, 2.75) is 59.4 Å². The van der Waals surface area contributed by atoms with E-state index >= 15 is 0 Å². The summed E-state index contributed by atoms with van der Waals surface area (Å²) >= 11 is 0. The molecule has 18 heavy (non-hydrogen) atoms. The second-order valence-electron chi connectivity index (χ2n) is 5.99. The van der Waals surface area contributed by atoms with Crippen molar-refractivity contribution < 1.29 is 0 Å². The zero-order valence-electron chi connectivity index (χ0n) is 12.1. The first kappa shape index (κ1) is 13.6. The average molecular weight is 249 g/mol. The lowest BCUT2D eigenvalue weighted by Crippen LogP contribution is -2.31. The highest BCUT2D eigenvalue weighted by molar-refractivity contribution is 5.12.